The summed E-state index contributed by atoms with van der Waals surface area (Å²) in [7, 11) is -3.55. The highest BCUT2D eigenvalue weighted by Crippen LogP contribution is 2.39. The zero-order valence-corrected chi connectivity index (χ0v) is 18.4. The van der Waals surface area contributed by atoms with Crippen LogP contribution in [0, 0.1) is 0 Å². The van der Waals surface area contributed by atoms with Crippen LogP contribution in [-0.2, 0) is 19.6 Å². The van der Waals surface area contributed by atoms with E-state index in [0.29, 0.717) is 31.0 Å². The van der Waals surface area contributed by atoms with Crippen molar-refractivity contribution in [2.24, 2.45) is 4.40 Å². The molecule has 1 saturated heterocycles. The van der Waals surface area contributed by atoms with Crippen LogP contribution in [0.15, 0.2) is 28.7 Å². The molecule has 0 aromatic heterocycles. The molecule has 3 aliphatic heterocycles. The highest BCUT2D eigenvalue weighted by molar-refractivity contribution is 7.89. The van der Waals surface area contributed by atoms with Gasteiger partial charge in [-0.1, -0.05) is 18.2 Å². The van der Waals surface area contributed by atoms with E-state index >= 15 is 0 Å². The zero-order chi connectivity index (χ0) is 21.3. The van der Waals surface area contributed by atoms with Crippen LogP contribution in [0.25, 0.3) is 0 Å². The van der Waals surface area contributed by atoms with Crippen molar-refractivity contribution in [1.29, 1.82) is 0 Å². The van der Waals surface area contributed by atoms with E-state index in [4.69, 9.17) is 9.47 Å². The molecule has 1 saturated carbocycles. The van der Waals surface area contributed by atoms with Gasteiger partial charge in [0.25, 0.3) is 5.91 Å². The number of benzene rings is 1. The fourth-order valence-electron chi connectivity index (χ4n) is 4.87. The molecule has 5 rings (SSSR count). The summed E-state index contributed by atoms with van der Waals surface area (Å²) >= 11 is 0. The standard InChI is InChI=1S/C22H30N2O5S/c1-15-22(25)24-13-5-7-19(23-30(2,26)27)20(24)14-28-17-11-9-16(10-12-17)18-6-3-4-8-21(18)29-15/h3-4,6,8,15-17,20H,5,7,9-14H2,1-2H3/b23-19+/t15-,16?,17?,20?/m1/s1. The van der Waals surface area contributed by atoms with E-state index < -0.39 is 22.2 Å². The van der Waals surface area contributed by atoms with Gasteiger partial charge in [-0.05, 0) is 63.0 Å². The highest BCUT2D eigenvalue weighted by Gasteiger charge is 2.37. The van der Waals surface area contributed by atoms with E-state index in [0.717, 1.165) is 43.3 Å². The van der Waals surface area contributed by atoms with Crippen LogP contribution in [0.1, 0.15) is 56.9 Å². The third kappa shape index (κ3) is 4.70. The molecule has 2 bridgehead atoms. The van der Waals surface area contributed by atoms with Crippen molar-refractivity contribution in [3.05, 3.63) is 29.8 Å². The Balaban J connectivity index is 1.70. The molecule has 1 aliphatic carbocycles. The average molecular weight is 435 g/mol. The van der Waals surface area contributed by atoms with E-state index in [1.54, 1.807) is 11.8 Å². The van der Waals surface area contributed by atoms with Crippen molar-refractivity contribution in [3.8, 4) is 5.75 Å². The molecule has 1 unspecified atom stereocenters. The Morgan fingerprint density at radius 3 is 2.60 bits per heavy atom. The molecule has 1 amide bonds. The van der Waals surface area contributed by atoms with E-state index in [9.17, 15) is 13.2 Å². The van der Waals surface area contributed by atoms with Crippen molar-refractivity contribution >= 4 is 21.6 Å². The van der Waals surface area contributed by atoms with Crippen LogP contribution in [0.5, 0.6) is 5.75 Å². The SMILES string of the molecule is C[C@H]1Oc2ccccc2C2CCC(CC2)OCC2/C(=N/S(C)(=O)=O)CCCN2C1=O. The second kappa shape index (κ2) is 8.67. The molecule has 4 aliphatic rings. The Hall–Kier alpha value is -1.93. The van der Waals surface area contributed by atoms with E-state index in [-0.39, 0.29) is 18.6 Å². The maximum atomic E-state index is 13.3. The highest BCUT2D eigenvalue weighted by atomic mass is 32.2. The van der Waals surface area contributed by atoms with Gasteiger partial charge in [-0.25, -0.2) is 8.42 Å². The van der Waals surface area contributed by atoms with Gasteiger partial charge in [0.05, 0.1) is 30.7 Å². The minimum atomic E-state index is -3.55. The molecule has 7 nitrogen and oxygen atoms in total. The topological polar surface area (TPSA) is 85.3 Å². The predicted octanol–water partition coefficient (Wildman–Crippen LogP) is 2.90. The Kier molecular flexibility index (Phi) is 6.16. The first-order chi connectivity index (χ1) is 14.3. The first kappa shape index (κ1) is 21.3. The average Bonchev–Trinajstić information content (AvgIpc) is 2.72. The van der Waals surface area contributed by atoms with E-state index in [2.05, 4.69) is 10.5 Å². The fraction of sp³-hybridized carbons (Fsp3) is 0.636. The molecular weight excluding hydrogens is 404 g/mol. The minimum absolute atomic E-state index is 0.117. The second-order valence-corrected chi connectivity index (χ2v) is 10.2. The van der Waals surface area contributed by atoms with Crippen molar-refractivity contribution < 1.29 is 22.7 Å². The number of rotatable bonds is 1. The number of nitrogens with zero attached hydrogens (tertiary/aromatic N) is 2. The lowest BCUT2D eigenvalue weighted by Gasteiger charge is -2.38. The van der Waals surface area contributed by atoms with Crippen molar-refractivity contribution in [2.45, 2.75) is 69.6 Å². The summed E-state index contributed by atoms with van der Waals surface area (Å²) < 4.78 is 40.1. The van der Waals surface area contributed by atoms with Crippen LogP contribution in [-0.4, -0.2) is 62.6 Å². The normalized spacial score (nSPS) is 31.7. The maximum absolute atomic E-state index is 13.3. The lowest BCUT2D eigenvalue weighted by atomic mass is 9.82. The van der Waals surface area contributed by atoms with Crippen molar-refractivity contribution in [2.75, 3.05) is 19.4 Å². The van der Waals surface area contributed by atoms with Crippen molar-refractivity contribution in [3.63, 3.8) is 0 Å². The predicted molar refractivity (Wildman–Crippen MR) is 114 cm³/mol. The Labute approximate surface area is 178 Å². The molecular formula is C22H30N2O5S. The van der Waals surface area contributed by atoms with Crippen molar-refractivity contribution in [1.82, 2.24) is 4.90 Å². The quantitative estimate of drug-likeness (QED) is 0.678. The largest absolute Gasteiger partial charge is 0.481 e. The lowest BCUT2D eigenvalue weighted by Crippen LogP contribution is -2.55. The van der Waals surface area contributed by atoms with Gasteiger partial charge in [0, 0.05) is 6.54 Å². The zero-order valence-electron chi connectivity index (χ0n) is 17.6. The third-order valence-corrected chi connectivity index (χ3v) is 6.90. The lowest BCUT2D eigenvalue weighted by molar-refractivity contribution is -0.141. The molecule has 30 heavy (non-hydrogen) atoms. The van der Waals surface area contributed by atoms with Crippen LogP contribution in [0.2, 0.25) is 0 Å². The van der Waals surface area contributed by atoms with Gasteiger partial charge in [-0.2, -0.15) is 4.40 Å². The number of amides is 1. The molecule has 8 heteroatoms. The number of fused-ring (bicyclic) bond motifs is 5. The molecule has 164 valence electrons. The van der Waals surface area contributed by atoms with Crippen LogP contribution in [0.3, 0.4) is 0 Å². The number of sulfonamides is 1. The summed E-state index contributed by atoms with van der Waals surface area (Å²) in [5.41, 5.74) is 1.66. The summed E-state index contributed by atoms with van der Waals surface area (Å²) in [5, 5.41) is 0. The number of hydrogen-bond acceptors (Lipinski definition) is 5. The van der Waals surface area contributed by atoms with Crippen LogP contribution >= 0.6 is 0 Å². The summed E-state index contributed by atoms with van der Waals surface area (Å²) in [5.74, 6) is 1.00. The Morgan fingerprint density at radius 2 is 1.87 bits per heavy atom. The molecule has 0 spiro atoms. The maximum Gasteiger partial charge on any atom is 0.263 e. The summed E-state index contributed by atoms with van der Waals surface area (Å²) in [6.07, 6.45) is 5.64. The molecule has 2 fully saturated rings. The molecule has 3 heterocycles. The Bertz CT molecular complexity index is 921. The molecule has 0 radical (unpaired) electrons. The summed E-state index contributed by atoms with van der Waals surface area (Å²) in [6.45, 7) is 2.57. The Morgan fingerprint density at radius 1 is 1.13 bits per heavy atom. The number of carbonyl (C=O) groups is 1. The van der Waals surface area contributed by atoms with Gasteiger partial charge in [-0.3, -0.25) is 4.79 Å². The number of para-hydroxylation sites is 1. The van der Waals surface area contributed by atoms with Gasteiger partial charge < -0.3 is 14.4 Å². The second-order valence-electron chi connectivity index (χ2n) is 8.57. The molecule has 1 aromatic carbocycles. The monoisotopic (exact) mass is 434 g/mol. The fourth-order valence-corrected chi connectivity index (χ4v) is 5.51. The molecule has 0 N–H and O–H groups in total. The summed E-state index contributed by atoms with van der Waals surface area (Å²) in [6, 6.07) is 7.51. The molecule has 2 atom stereocenters. The first-order valence-electron chi connectivity index (χ1n) is 10.8. The first-order valence-corrected chi connectivity index (χ1v) is 12.6. The van der Waals surface area contributed by atoms with Gasteiger partial charge in [0.2, 0.25) is 10.0 Å². The van der Waals surface area contributed by atoms with Gasteiger partial charge in [-0.15, -0.1) is 0 Å². The molecule has 1 aromatic rings. The smallest absolute Gasteiger partial charge is 0.263 e. The summed E-state index contributed by atoms with van der Waals surface area (Å²) in [4.78, 5) is 15.0. The number of ether oxygens (including phenoxy) is 2. The van der Waals surface area contributed by atoms with Gasteiger partial charge in [0.1, 0.15) is 5.75 Å². The van der Waals surface area contributed by atoms with Crippen LogP contribution < -0.4 is 4.74 Å². The third-order valence-electron chi connectivity index (χ3n) is 6.33. The number of hydrogen-bond donors (Lipinski definition) is 0. The van der Waals surface area contributed by atoms with Gasteiger partial charge >= 0.3 is 0 Å². The van der Waals surface area contributed by atoms with Crippen LogP contribution in [0.4, 0.5) is 0 Å². The number of piperidine rings is 1. The van der Waals surface area contributed by atoms with E-state index in [1.165, 1.54) is 0 Å². The number of carbonyl (C=O) groups excluding carboxylic acids is 1. The van der Waals surface area contributed by atoms with E-state index in [1.807, 2.05) is 18.2 Å². The minimum Gasteiger partial charge on any atom is -0.481 e. The van der Waals surface area contributed by atoms with Gasteiger partial charge in [0.15, 0.2) is 6.10 Å².